The Morgan fingerprint density at radius 1 is 1.26 bits per heavy atom. The monoisotopic (exact) mass is 442 g/mol. The maximum atomic E-state index is 12.7. The molecule has 1 saturated carbocycles. The van der Waals surface area contributed by atoms with Crippen molar-refractivity contribution in [1.29, 1.82) is 0 Å². The van der Waals surface area contributed by atoms with Crippen molar-refractivity contribution >= 4 is 17.7 Å². The number of carboxylic acids is 1. The van der Waals surface area contributed by atoms with Crippen LogP contribution in [-0.2, 0) is 9.53 Å². The predicted octanol–water partition coefficient (Wildman–Crippen LogP) is 2.88. The van der Waals surface area contributed by atoms with E-state index in [-0.39, 0.29) is 11.9 Å². The standard InChI is InChI=1S/C17H20N4O3.C2HF3O2/c22-17(14-5-2-9-24-14)21-8-10-23-11-13(21)16-18-7-6-15(20-16)19-12-3-1-4-12;3-2(4,5)1(6)7/h2,5-7,9,12-13H,1,3-4,8,10-11H2,(H,18,19,20);(H,6,7). The van der Waals surface area contributed by atoms with Crippen LogP contribution in [0.2, 0.25) is 0 Å². The van der Waals surface area contributed by atoms with E-state index >= 15 is 0 Å². The lowest BCUT2D eigenvalue weighted by atomic mass is 9.93. The normalized spacial score (nSPS) is 19.1. The number of aliphatic carboxylic acids is 1. The van der Waals surface area contributed by atoms with E-state index in [1.54, 1.807) is 23.2 Å². The van der Waals surface area contributed by atoms with Gasteiger partial charge in [0.15, 0.2) is 11.6 Å². The zero-order valence-electron chi connectivity index (χ0n) is 16.3. The fraction of sp³-hybridized carbons (Fsp3) is 0.474. The van der Waals surface area contributed by atoms with Gasteiger partial charge in [-0.1, -0.05) is 0 Å². The molecule has 1 aliphatic carbocycles. The maximum absolute atomic E-state index is 12.7. The third kappa shape index (κ3) is 5.94. The molecule has 2 N–H and O–H groups in total. The van der Waals surface area contributed by atoms with Crippen LogP contribution < -0.4 is 5.32 Å². The van der Waals surface area contributed by atoms with Gasteiger partial charge in [0.2, 0.25) is 0 Å². The van der Waals surface area contributed by atoms with Crippen LogP contribution in [0.15, 0.2) is 35.1 Å². The lowest BCUT2D eigenvalue weighted by molar-refractivity contribution is -0.192. The molecule has 12 heteroatoms. The molecule has 1 amide bonds. The van der Waals surface area contributed by atoms with Crippen LogP contribution in [0.5, 0.6) is 0 Å². The van der Waals surface area contributed by atoms with Crippen LogP contribution in [0.1, 0.15) is 41.7 Å². The fourth-order valence-corrected chi connectivity index (χ4v) is 2.98. The highest BCUT2D eigenvalue weighted by molar-refractivity contribution is 5.91. The molecule has 1 unspecified atom stereocenters. The summed E-state index contributed by atoms with van der Waals surface area (Å²) in [6.45, 7) is 1.39. The average Bonchev–Trinajstić information content (AvgIpc) is 3.25. The molecule has 1 aliphatic heterocycles. The van der Waals surface area contributed by atoms with Crippen molar-refractivity contribution in [3.8, 4) is 0 Å². The molecule has 2 aromatic rings. The summed E-state index contributed by atoms with van der Waals surface area (Å²) in [5.74, 6) is -1.19. The Morgan fingerprint density at radius 2 is 2.00 bits per heavy atom. The molecule has 9 nitrogen and oxygen atoms in total. The van der Waals surface area contributed by atoms with E-state index in [1.165, 1.54) is 25.5 Å². The van der Waals surface area contributed by atoms with E-state index in [0.717, 1.165) is 5.82 Å². The van der Waals surface area contributed by atoms with Crippen LogP contribution in [0.3, 0.4) is 0 Å². The van der Waals surface area contributed by atoms with Gasteiger partial charge in [-0.15, -0.1) is 0 Å². The highest BCUT2D eigenvalue weighted by atomic mass is 19.4. The Bertz CT molecular complexity index is 887. The highest BCUT2D eigenvalue weighted by Gasteiger charge is 2.38. The molecule has 2 aromatic heterocycles. The molecule has 0 spiro atoms. The first kappa shape index (κ1) is 22.5. The summed E-state index contributed by atoms with van der Waals surface area (Å²) in [6.07, 6.45) is 1.76. The van der Waals surface area contributed by atoms with E-state index in [2.05, 4.69) is 15.3 Å². The van der Waals surface area contributed by atoms with Crippen LogP contribution >= 0.6 is 0 Å². The molecule has 31 heavy (non-hydrogen) atoms. The minimum atomic E-state index is -5.08. The van der Waals surface area contributed by atoms with Crippen molar-refractivity contribution in [2.75, 3.05) is 25.1 Å². The number of halogens is 3. The van der Waals surface area contributed by atoms with E-state index in [9.17, 15) is 18.0 Å². The summed E-state index contributed by atoms with van der Waals surface area (Å²) >= 11 is 0. The third-order valence-corrected chi connectivity index (χ3v) is 4.79. The molecule has 3 heterocycles. The van der Waals surface area contributed by atoms with Gasteiger partial charge in [-0.25, -0.2) is 14.8 Å². The molecule has 2 aliphatic rings. The molecule has 2 fully saturated rings. The van der Waals surface area contributed by atoms with Gasteiger partial charge in [-0.05, 0) is 37.5 Å². The van der Waals surface area contributed by atoms with Gasteiger partial charge in [-0.3, -0.25) is 4.79 Å². The SMILES string of the molecule is O=C(O)C(F)(F)F.O=C(c1ccco1)N1CCOCC1c1nccc(NC2CCC2)n1. The molecular weight excluding hydrogens is 421 g/mol. The van der Waals surface area contributed by atoms with Crippen LogP contribution in [-0.4, -0.2) is 63.8 Å². The van der Waals surface area contributed by atoms with Gasteiger partial charge in [0.05, 0.1) is 19.5 Å². The molecule has 1 saturated heterocycles. The quantitative estimate of drug-likeness (QED) is 0.742. The number of nitrogens with zero attached hydrogens (tertiary/aromatic N) is 3. The maximum Gasteiger partial charge on any atom is 0.490 e. The first-order valence-electron chi connectivity index (χ1n) is 9.57. The average molecular weight is 442 g/mol. The number of carboxylic acid groups (broad SMARTS) is 1. The van der Waals surface area contributed by atoms with Crippen molar-refractivity contribution in [3.63, 3.8) is 0 Å². The fourth-order valence-electron chi connectivity index (χ4n) is 2.98. The number of morpholine rings is 1. The third-order valence-electron chi connectivity index (χ3n) is 4.79. The Hall–Kier alpha value is -3.15. The second-order valence-electron chi connectivity index (χ2n) is 6.94. The number of rotatable bonds is 4. The smallest absolute Gasteiger partial charge is 0.475 e. The second-order valence-corrected chi connectivity index (χ2v) is 6.94. The van der Waals surface area contributed by atoms with Crippen LogP contribution in [0.4, 0.5) is 19.0 Å². The number of carbonyl (C=O) groups is 2. The van der Waals surface area contributed by atoms with E-state index in [4.69, 9.17) is 19.1 Å². The zero-order chi connectivity index (χ0) is 22.4. The predicted molar refractivity (Wildman–Crippen MR) is 100 cm³/mol. The van der Waals surface area contributed by atoms with Gasteiger partial charge in [0.25, 0.3) is 5.91 Å². The zero-order valence-corrected chi connectivity index (χ0v) is 16.3. The number of ether oxygens (including phenoxy) is 1. The number of alkyl halides is 3. The summed E-state index contributed by atoms with van der Waals surface area (Å²) in [5, 5.41) is 10.5. The van der Waals surface area contributed by atoms with Crippen molar-refractivity contribution in [2.24, 2.45) is 0 Å². The van der Waals surface area contributed by atoms with Gasteiger partial charge >= 0.3 is 12.1 Å². The largest absolute Gasteiger partial charge is 0.490 e. The molecule has 0 radical (unpaired) electrons. The lowest BCUT2D eigenvalue weighted by Gasteiger charge is -2.34. The minimum Gasteiger partial charge on any atom is -0.475 e. The minimum absolute atomic E-state index is 0.158. The molecule has 0 bridgehead atoms. The van der Waals surface area contributed by atoms with Crippen molar-refractivity contribution in [1.82, 2.24) is 14.9 Å². The van der Waals surface area contributed by atoms with E-state index < -0.39 is 12.1 Å². The molecule has 4 rings (SSSR count). The van der Waals surface area contributed by atoms with E-state index in [1.807, 2.05) is 6.07 Å². The first-order valence-corrected chi connectivity index (χ1v) is 9.57. The number of furan rings is 1. The number of amides is 1. The molecule has 0 aromatic carbocycles. The lowest BCUT2D eigenvalue weighted by Crippen LogP contribution is -2.44. The van der Waals surface area contributed by atoms with Crippen molar-refractivity contribution in [2.45, 2.75) is 37.5 Å². The van der Waals surface area contributed by atoms with Gasteiger partial charge < -0.3 is 24.5 Å². The Labute approximate surface area is 175 Å². The van der Waals surface area contributed by atoms with Gasteiger partial charge in [0.1, 0.15) is 11.9 Å². The van der Waals surface area contributed by atoms with Gasteiger partial charge in [0, 0.05) is 18.8 Å². The number of anilines is 1. The summed E-state index contributed by atoms with van der Waals surface area (Å²) in [4.78, 5) is 32.3. The first-order chi connectivity index (χ1) is 14.8. The highest BCUT2D eigenvalue weighted by Crippen LogP contribution is 2.26. The summed E-state index contributed by atoms with van der Waals surface area (Å²) in [5.41, 5.74) is 0. The Morgan fingerprint density at radius 3 is 2.58 bits per heavy atom. The summed E-state index contributed by atoms with van der Waals surface area (Å²) in [6, 6.07) is 5.44. The number of hydrogen-bond acceptors (Lipinski definition) is 7. The molecule has 1 atom stereocenters. The van der Waals surface area contributed by atoms with Crippen LogP contribution in [0.25, 0.3) is 0 Å². The summed E-state index contributed by atoms with van der Waals surface area (Å²) in [7, 11) is 0. The van der Waals surface area contributed by atoms with Crippen molar-refractivity contribution < 1.29 is 37.0 Å². The van der Waals surface area contributed by atoms with E-state index in [0.29, 0.717) is 37.4 Å². The summed E-state index contributed by atoms with van der Waals surface area (Å²) < 4.78 is 42.5. The number of nitrogens with one attached hydrogen (secondary N) is 1. The molecular formula is C19H21F3N4O5. The number of carbonyl (C=O) groups excluding carboxylic acids is 1. The second kappa shape index (κ2) is 9.77. The number of aromatic nitrogens is 2. The topological polar surface area (TPSA) is 118 Å². The number of hydrogen-bond donors (Lipinski definition) is 2. The van der Waals surface area contributed by atoms with Crippen molar-refractivity contribution in [3.05, 3.63) is 42.2 Å². The molecule has 168 valence electrons. The van der Waals surface area contributed by atoms with Gasteiger partial charge in [-0.2, -0.15) is 13.2 Å². The van der Waals surface area contributed by atoms with Crippen LogP contribution in [0, 0.1) is 0 Å². The Balaban J connectivity index is 0.000000339. The Kier molecular flexibility index (Phi) is 7.10.